The highest BCUT2D eigenvalue weighted by Gasteiger charge is 2.27. The quantitative estimate of drug-likeness (QED) is 0.565. The van der Waals surface area contributed by atoms with E-state index in [1.807, 2.05) is 0 Å². The highest BCUT2D eigenvalue weighted by molar-refractivity contribution is 5.91. The second-order valence-corrected chi connectivity index (χ2v) is 3.69. The van der Waals surface area contributed by atoms with Crippen LogP contribution in [-0.2, 0) is 19.2 Å². The fourth-order valence-corrected chi connectivity index (χ4v) is 1.65. The minimum absolute atomic E-state index is 0.465. The highest BCUT2D eigenvalue weighted by atomic mass is 16.7. The van der Waals surface area contributed by atoms with E-state index >= 15 is 0 Å². The number of carbonyl (C=O) groups excluding carboxylic acids is 2. The molecule has 0 aromatic heterocycles. The number of hydrogen-bond acceptors (Lipinski definition) is 6. The predicted octanol–water partition coefficient (Wildman–Crippen LogP) is -0.431. The Morgan fingerprint density at radius 1 is 1.25 bits per heavy atom. The third-order valence-corrected chi connectivity index (χ3v) is 2.44. The van der Waals surface area contributed by atoms with Gasteiger partial charge in [-0.05, 0) is 19.4 Å². The number of esters is 1. The first-order chi connectivity index (χ1) is 7.75. The fourth-order valence-electron chi connectivity index (χ4n) is 1.65. The van der Waals surface area contributed by atoms with Gasteiger partial charge in [-0.3, -0.25) is 0 Å². The number of rotatable bonds is 0. The molecule has 1 atom stereocenters. The lowest BCUT2D eigenvalue weighted by atomic mass is 10.2. The summed E-state index contributed by atoms with van der Waals surface area (Å²) in [7, 11) is 0. The summed E-state index contributed by atoms with van der Waals surface area (Å²) in [4.78, 5) is 27.6. The van der Waals surface area contributed by atoms with E-state index in [1.165, 1.54) is 5.06 Å². The van der Waals surface area contributed by atoms with Crippen LogP contribution in [0.25, 0.3) is 0 Å². The average molecular weight is 226 g/mol. The Morgan fingerprint density at radius 2 is 2.06 bits per heavy atom. The van der Waals surface area contributed by atoms with Crippen molar-refractivity contribution >= 4 is 11.9 Å². The van der Waals surface area contributed by atoms with E-state index in [2.05, 4.69) is 5.32 Å². The number of hydroxylamine groups is 2. The van der Waals surface area contributed by atoms with E-state index in [9.17, 15) is 9.59 Å². The Kier molecular flexibility index (Phi) is 3.53. The van der Waals surface area contributed by atoms with Crippen molar-refractivity contribution in [2.24, 2.45) is 0 Å². The van der Waals surface area contributed by atoms with Crippen molar-refractivity contribution in [2.45, 2.75) is 19.1 Å². The molecule has 88 valence electrons. The lowest BCUT2D eigenvalue weighted by Gasteiger charge is -2.31. The van der Waals surface area contributed by atoms with Gasteiger partial charge in [0.15, 0.2) is 6.23 Å². The molecular formula is C10H14N2O4. The molecule has 0 bridgehead atoms. The van der Waals surface area contributed by atoms with Crippen molar-refractivity contribution in [1.29, 1.82) is 0 Å². The average Bonchev–Trinajstić information content (AvgIpc) is 2.23. The second-order valence-electron chi connectivity index (χ2n) is 3.69. The summed E-state index contributed by atoms with van der Waals surface area (Å²) in [5.41, 5.74) is 0. The van der Waals surface area contributed by atoms with E-state index in [1.54, 1.807) is 0 Å². The number of ether oxygens (including phenoxy) is 1. The first-order valence-corrected chi connectivity index (χ1v) is 5.34. The lowest BCUT2D eigenvalue weighted by Crippen LogP contribution is -2.48. The molecule has 16 heavy (non-hydrogen) atoms. The van der Waals surface area contributed by atoms with E-state index in [0.29, 0.717) is 13.1 Å². The van der Waals surface area contributed by atoms with Gasteiger partial charge in [0.25, 0.3) is 0 Å². The molecule has 1 fully saturated rings. The van der Waals surface area contributed by atoms with Crippen LogP contribution >= 0.6 is 0 Å². The molecule has 1 saturated heterocycles. The predicted molar refractivity (Wildman–Crippen MR) is 53.9 cm³/mol. The van der Waals surface area contributed by atoms with Crippen LogP contribution < -0.4 is 5.32 Å². The highest BCUT2D eigenvalue weighted by Crippen LogP contribution is 2.10. The molecule has 0 radical (unpaired) electrons. The Labute approximate surface area is 93.1 Å². The molecular weight excluding hydrogens is 212 g/mol. The van der Waals surface area contributed by atoms with Gasteiger partial charge in [0.2, 0.25) is 0 Å². The summed E-state index contributed by atoms with van der Waals surface area (Å²) < 4.78 is 5.14. The second kappa shape index (κ2) is 5.09. The van der Waals surface area contributed by atoms with Crippen molar-refractivity contribution in [3.63, 3.8) is 0 Å². The molecule has 2 rings (SSSR count). The first-order valence-electron chi connectivity index (χ1n) is 5.34. The van der Waals surface area contributed by atoms with Crippen molar-refractivity contribution < 1.29 is 19.2 Å². The Morgan fingerprint density at radius 3 is 2.94 bits per heavy atom. The summed E-state index contributed by atoms with van der Waals surface area (Å²) in [6.07, 6.45) is 3.51. The zero-order chi connectivity index (χ0) is 11.4. The standard InChI is InChI=1S/C10H14N2O4/c13-9-3-4-10(14)16-12-6-2-1-5-11-7-8(12)15-9/h3-4,8,11H,1-2,5-7H2/b4-3+. The van der Waals surface area contributed by atoms with Crippen LogP contribution in [-0.4, -0.2) is 42.9 Å². The summed E-state index contributed by atoms with van der Waals surface area (Å²) in [5.74, 6) is -1.06. The van der Waals surface area contributed by atoms with E-state index in [0.717, 1.165) is 31.5 Å². The van der Waals surface area contributed by atoms with Gasteiger partial charge in [-0.1, -0.05) is 5.06 Å². The number of carbonyl (C=O) groups is 2. The molecule has 0 aliphatic carbocycles. The van der Waals surface area contributed by atoms with Crippen molar-refractivity contribution in [3.8, 4) is 0 Å². The zero-order valence-corrected chi connectivity index (χ0v) is 8.85. The Hall–Kier alpha value is -1.40. The van der Waals surface area contributed by atoms with Crippen LogP contribution in [0, 0.1) is 0 Å². The van der Waals surface area contributed by atoms with Gasteiger partial charge in [0.1, 0.15) is 0 Å². The molecule has 1 unspecified atom stereocenters. The van der Waals surface area contributed by atoms with Gasteiger partial charge < -0.3 is 14.9 Å². The molecule has 0 saturated carbocycles. The normalized spacial score (nSPS) is 29.9. The maximum Gasteiger partial charge on any atom is 0.350 e. The first kappa shape index (κ1) is 11.1. The molecule has 0 spiro atoms. The molecule has 0 aromatic carbocycles. The van der Waals surface area contributed by atoms with Crippen molar-refractivity contribution in [3.05, 3.63) is 12.2 Å². The third kappa shape index (κ3) is 2.80. The molecule has 6 nitrogen and oxygen atoms in total. The van der Waals surface area contributed by atoms with Gasteiger partial charge in [-0.15, -0.1) is 0 Å². The maximum atomic E-state index is 11.3. The molecule has 0 amide bonds. The van der Waals surface area contributed by atoms with Crippen LogP contribution in [0.4, 0.5) is 0 Å². The van der Waals surface area contributed by atoms with Crippen molar-refractivity contribution in [1.82, 2.24) is 10.4 Å². The maximum absolute atomic E-state index is 11.3. The topological polar surface area (TPSA) is 67.9 Å². The lowest BCUT2D eigenvalue weighted by molar-refractivity contribution is -0.238. The van der Waals surface area contributed by atoms with Crippen LogP contribution in [0.3, 0.4) is 0 Å². The molecule has 2 heterocycles. The SMILES string of the molecule is O=C1/C=C/C(=O)ON2CCCCNCC2O1. The molecule has 6 heteroatoms. The molecule has 0 aromatic rings. The van der Waals surface area contributed by atoms with Crippen LogP contribution in [0.2, 0.25) is 0 Å². The number of hydrogen-bond donors (Lipinski definition) is 1. The molecule has 2 aliphatic rings. The minimum atomic E-state index is -0.540. The van der Waals surface area contributed by atoms with E-state index in [-0.39, 0.29) is 0 Å². The van der Waals surface area contributed by atoms with Crippen molar-refractivity contribution in [2.75, 3.05) is 19.6 Å². The van der Waals surface area contributed by atoms with Gasteiger partial charge in [0, 0.05) is 25.2 Å². The monoisotopic (exact) mass is 226 g/mol. The van der Waals surface area contributed by atoms with Crippen LogP contribution in [0.1, 0.15) is 12.8 Å². The Bertz CT molecular complexity index is 286. The fraction of sp³-hybridized carbons (Fsp3) is 0.600. The van der Waals surface area contributed by atoms with E-state index < -0.39 is 18.2 Å². The van der Waals surface area contributed by atoms with E-state index in [4.69, 9.17) is 9.57 Å². The molecule has 2 aliphatic heterocycles. The smallest absolute Gasteiger partial charge is 0.350 e. The largest absolute Gasteiger partial charge is 0.439 e. The summed E-state index contributed by atoms with van der Waals surface area (Å²) in [6, 6.07) is 0. The van der Waals surface area contributed by atoms with Gasteiger partial charge in [-0.25, -0.2) is 9.59 Å². The zero-order valence-electron chi connectivity index (χ0n) is 8.85. The third-order valence-electron chi connectivity index (χ3n) is 2.44. The van der Waals surface area contributed by atoms with Gasteiger partial charge in [-0.2, -0.15) is 0 Å². The minimum Gasteiger partial charge on any atom is -0.439 e. The Balaban J connectivity index is 2.11. The molecule has 1 N–H and O–H groups in total. The van der Waals surface area contributed by atoms with Gasteiger partial charge in [0.05, 0.1) is 0 Å². The number of nitrogens with one attached hydrogen (secondary N) is 1. The van der Waals surface area contributed by atoms with Gasteiger partial charge >= 0.3 is 11.9 Å². The van der Waals surface area contributed by atoms with Crippen LogP contribution in [0.15, 0.2) is 12.2 Å². The summed E-state index contributed by atoms with van der Waals surface area (Å²) in [6.45, 7) is 1.93. The number of nitrogens with zero attached hydrogens (tertiary/aromatic N) is 1. The number of fused-ring (bicyclic) bond motifs is 1. The van der Waals surface area contributed by atoms with Crippen LogP contribution in [0.5, 0.6) is 0 Å². The summed E-state index contributed by atoms with van der Waals surface area (Å²) >= 11 is 0. The summed E-state index contributed by atoms with van der Waals surface area (Å²) in [5, 5.41) is 4.56.